The zero-order valence-corrected chi connectivity index (χ0v) is 26.2. The van der Waals surface area contributed by atoms with Crippen LogP contribution in [0.15, 0.2) is 35.5 Å². The average molecular weight is 662 g/mol. The van der Waals surface area contributed by atoms with Gasteiger partial charge in [-0.15, -0.1) is 0 Å². The normalized spacial score (nSPS) is 15.5. The first kappa shape index (κ1) is 32.2. The lowest BCUT2D eigenvalue weighted by atomic mass is 10.0. The van der Waals surface area contributed by atoms with E-state index in [2.05, 4.69) is 20.2 Å². The number of halogens is 3. The molecule has 1 atom stereocenters. The van der Waals surface area contributed by atoms with Gasteiger partial charge >= 0.3 is 0 Å². The van der Waals surface area contributed by atoms with Crippen LogP contribution in [0, 0.1) is 5.95 Å². The van der Waals surface area contributed by atoms with Gasteiger partial charge in [-0.3, -0.25) is 19.3 Å². The Balaban J connectivity index is 1.45. The topological polar surface area (TPSA) is 161 Å². The number of ether oxygens (including phenoxy) is 1. The number of hydrogen-bond donors (Lipinski definition) is 3. The van der Waals surface area contributed by atoms with Gasteiger partial charge in [0.05, 0.1) is 34.6 Å². The van der Waals surface area contributed by atoms with E-state index in [4.69, 9.17) is 33.7 Å². The summed E-state index contributed by atoms with van der Waals surface area (Å²) < 4.78 is 22.8. The van der Waals surface area contributed by atoms with E-state index in [-0.39, 0.29) is 44.9 Å². The van der Waals surface area contributed by atoms with Crippen molar-refractivity contribution in [3.05, 3.63) is 62.6 Å². The molecule has 2 amide bonds. The predicted molar refractivity (Wildman–Crippen MR) is 169 cm³/mol. The van der Waals surface area contributed by atoms with Crippen LogP contribution in [0.25, 0.3) is 22.2 Å². The van der Waals surface area contributed by atoms with Gasteiger partial charge in [-0.2, -0.15) is 4.39 Å². The number of hydrogen-bond acceptors (Lipinski definition) is 9. The third-order valence-corrected chi connectivity index (χ3v) is 8.33. The van der Waals surface area contributed by atoms with E-state index in [1.165, 1.54) is 46.9 Å². The number of primary amides is 1. The summed E-state index contributed by atoms with van der Waals surface area (Å²) in [6.07, 6.45) is 2.80. The van der Waals surface area contributed by atoms with E-state index >= 15 is 0 Å². The average Bonchev–Trinajstić information content (AvgIpc) is 3.35. The number of nitrogens with zero attached hydrogens (tertiary/aromatic N) is 6. The molecule has 1 aromatic carbocycles. The lowest BCUT2D eigenvalue weighted by Gasteiger charge is -2.40. The highest BCUT2D eigenvalue weighted by Gasteiger charge is 2.27. The summed E-state index contributed by atoms with van der Waals surface area (Å²) in [5, 5.41) is 12.5. The summed E-state index contributed by atoms with van der Waals surface area (Å²) in [4.78, 5) is 51.0. The van der Waals surface area contributed by atoms with Crippen molar-refractivity contribution in [3.8, 4) is 16.9 Å². The van der Waals surface area contributed by atoms with Gasteiger partial charge in [0.1, 0.15) is 28.8 Å². The number of pyridine rings is 1. The molecule has 1 aliphatic rings. The molecule has 13 nitrogen and oxygen atoms in total. The quantitative estimate of drug-likeness (QED) is 0.229. The Morgan fingerprint density at radius 2 is 2.00 bits per heavy atom. The zero-order valence-electron chi connectivity index (χ0n) is 24.7. The molecule has 0 radical (unpaired) electrons. The smallest absolute Gasteiger partial charge is 0.263 e. The number of amides is 2. The summed E-state index contributed by atoms with van der Waals surface area (Å²) in [7, 11) is 3.16. The molecule has 0 aliphatic carbocycles. The maximum Gasteiger partial charge on any atom is 0.263 e. The van der Waals surface area contributed by atoms with E-state index in [1.54, 1.807) is 7.11 Å². The van der Waals surface area contributed by atoms with E-state index in [0.717, 1.165) is 19.6 Å². The minimum atomic E-state index is -0.924. The van der Waals surface area contributed by atoms with Gasteiger partial charge in [0.25, 0.3) is 11.5 Å². The number of carbonyl (C=O) groups is 2. The van der Waals surface area contributed by atoms with E-state index in [0.29, 0.717) is 30.1 Å². The minimum absolute atomic E-state index is 0.00839. The molecule has 1 aliphatic heterocycles. The number of aromatic nitrogens is 4. The van der Waals surface area contributed by atoms with Crippen molar-refractivity contribution in [1.82, 2.24) is 24.0 Å². The first-order valence-corrected chi connectivity index (χ1v) is 14.7. The van der Waals surface area contributed by atoms with Crippen LogP contribution in [-0.2, 0) is 23.1 Å². The lowest BCUT2D eigenvalue weighted by molar-refractivity contribution is -0.116. The van der Waals surface area contributed by atoms with Gasteiger partial charge in [0.15, 0.2) is 0 Å². The van der Waals surface area contributed by atoms with Crippen LogP contribution in [0.5, 0.6) is 5.75 Å². The first-order chi connectivity index (χ1) is 21.4. The van der Waals surface area contributed by atoms with E-state index in [1.807, 2.05) is 11.8 Å². The molecule has 16 heteroatoms. The molecule has 5 rings (SSSR count). The SMILES string of the molecule is COCCN1CCN(c2cc(NC(=O)Cn3cc(-c4cc(Cl)c(O)c(C(N)=O)c4)c4c(=O)n(C)cnc43)c(Cl)c(F)n2)[C@@H](C)C1. The number of piperazine rings is 1. The van der Waals surface area contributed by atoms with Gasteiger partial charge in [-0.25, -0.2) is 9.97 Å². The second-order valence-corrected chi connectivity index (χ2v) is 11.6. The zero-order chi connectivity index (χ0) is 32.6. The van der Waals surface area contributed by atoms with Crippen molar-refractivity contribution in [2.45, 2.75) is 19.5 Å². The van der Waals surface area contributed by atoms with Crippen LogP contribution >= 0.6 is 23.2 Å². The third-order valence-electron chi connectivity index (χ3n) is 7.69. The number of aryl methyl sites for hydroxylation is 1. The number of phenols is 1. The number of rotatable bonds is 9. The van der Waals surface area contributed by atoms with Crippen LogP contribution in [0.2, 0.25) is 10.0 Å². The summed E-state index contributed by atoms with van der Waals surface area (Å²) in [5.41, 5.74) is 5.53. The van der Waals surface area contributed by atoms with E-state index < -0.39 is 29.1 Å². The molecular formula is C29H31Cl2FN8O5. The third kappa shape index (κ3) is 6.45. The molecule has 45 heavy (non-hydrogen) atoms. The number of nitrogens with one attached hydrogen (secondary N) is 1. The summed E-state index contributed by atoms with van der Waals surface area (Å²) >= 11 is 12.4. The molecule has 238 valence electrons. The Labute approximate surface area is 266 Å². The van der Waals surface area contributed by atoms with Gasteiger partial charge in [0.2, 0.25) is 11.9 Å². The first-order valence-electron chi connectivity index (χ1n) is 13.9. The van der Waals surface area contributed by atoms with Crippen LogP contribution in [0.3, 0.4) is 0 Å². The summed E-state index contributed by atoms with van der Waals surface area (Å²) in [5.74, 6) is -2.59. The largest absolute Gasteiger partial charge is 0.506 e. The highest BCUT2D eigenvalue weighted by molar-refractivity contribution is 6.34. The van der Waals surface area contributed by atoms with Crippen LogP contribution in [0.4, 0.5) is 15.9 Å². The van der Waals surface area contributed by atoms with Crippen molar-refractivity contribution in [3.63, 3.8) is 0 Å². The fourth-order valence-electron chi connectivity index (χ4n) is 5.41. The Hall–Kier alpha value is -4.24. The van der Waals surface area contributed by atoms with Crippen molar-refractivity contribution in [2.24, 2.45) is 12.8 Å². The maximum atomic E-state index is 14.9. The molecule has 3 aromatic heterocycles. The van der Waals surface area contributed by atoms with Crippen LogP contribution in [-0.4, -0.2) is 86.9 Å². The number of fused-ring (bicyclic) bond motifs is 1. The number of nitrogens with two attached hydrogens (primary N) is 1. The molecule has 4 heterocycles. The predicted octanol–water partition coefficient (Wildman–Crippen LogP) is 2.84. The van der Waals surface area contributed by atoms with Crippen molar-refractivity contribution >= 4 is 57.6 Å². The monoisotopic (exact) mass is 660 g/mol. The van der Waals surface area contributed by atoms with Crippen LogP contribution < -0.4 is 21.5 Å². The Kier molecular flexibility index (Phi) is 9.30. The molecular weight excluding hydrogens is 630 g/mol. The Morgan fingerprint density at radius 1 is 1.24 bits per heavy atom. The molecule has 1 fully saturated rings. The maximum absolute atomic E-state index is 14.9. The number of benzene rings is 1. The number of methoxy groups -OCH3 is 1. The van der Waals surface area contributed by atoms with Crippen molar-refractivity contribution in [1.29, 1.82) is 0 Å². The van der Waals surface area contributed by atoms with Crippen LogP contribution in [0.1, 0.15) is 17.3 Å². The van der Waals surface area contributed by atoms with Gasteiger partial charge in [0, 0.05) is 64.2 Å². The second-order valence-electron chi connectivity index (χ2n) is 10.8. The lowest BCUT2D eigenvalue weighted by Crippen LogP contribution is -2.53. The highest BCUT2D eigenvalue weighted by Crippen LogP contribution is 2.36. The molecule has 1 saturated heterocycles. The molecule has 4 N–H and O–H groups in total. The highest BCUT2D eigenvalue weighted by atomic mass is 35.5. The number of anilines is 2. The van der Waals surface area contributed by atoms with Gasteiger partial charge < -0.3 is 34.9 Å². The molecule has 0 unspecified atom stereocenters. The fourth-order valence-corrected chi connectivity index (χ4v) is 5.78. The molecule has 0 spiro atoms. The number of carbonyl (C=O) groups excluding carboxylic acids is 2. The summed E-state index contributed by atoms with van der Waals surface area (Å²) in [6, 6.07) is 4.21. The standard InChI is InChI=1S/C29H31Cl2FN8O5/c1-15-11-38(6-7-45-3)4-5-40(15)21-10-20(24(31)26(32)36-21)35-22(41)13-39-12-18(23-28(39)34-14-37(2)29(23)44)16-8-17(27(33)43)25(42)19(30)9-16/h8-10,12,14-15,42H,4-7,11,13H2,1-3H3,(H2,33,43)(H,35,36,41)/t15-/m0/s1. The second kappa shape index (κ2) is 13.0. The van der Waals surface area contributed by atoms with Gasteiger partial charge in [-0.05, 0) is 24.6 Å². The Morgan fingerprint density at radius 3 is 2.69 bits per heavy atom. The number of aromatic hydroxyl groups is 1. The fraction of sp³-hybridized carbons (Fsp3) is 0.345. The molecule has 0 bridgehead atoms. The summed E-state index contributed by atoms with van der Waals surface area (Å²) in [6.45, 7) is 5.09. The van der Waals surface area contributed by atoms with Crippen molar-refractivity contribution in [2.75, 3.05) is 50.1 Å². The van der Waals surface area contributed by atoms with Gasteiger partial charge in [-0.1, -0.05) is 23.2 Å². The van der Waals surface area contributed by atoms with E-state index in [9.17, 15) is 23.9 Å². The molecule has 0 saturated carbocycles. The Bertz CT molecular complexity index is 1860. The van der Waals surface area contributed by atoms with Crippen molar-refractivity contribution < 1.29 is 23.8 Å². The minimum Gasteiger partial charge on any atom is -0.506 e. The molecule has 4 aromatic rings.